The standard InChI is InChI=1S/C18H21N5S2/c1-3-15-14-7-11-25-16(14)6-10-22(15)12-23-18(24)21(2)17(20-23)13-4-8-19-9-5-13/h4-5,7-9,11,15H,3,6,10,12H2,1-2H3/t15-/m0/s1. The van der Waals surface area contributed by atoms with Crippen LogP contribution in [0.1, 0.15) is 29.8 Å². The van der Waals surface area contributed by atoms with Crippen LogP contribution in [-0.2, 0) is 20.1 Å². The lowest BCUT2D eigenvalue weighted by Crippen LogP contribution is -2.36. The number of nitrogens with zero attached hydrogens (tertiary/aromatic N) is 5. The van der Waals surface area contributed by atoms with Crippen LogP contribution < -0.4 is 0 Å². The minimum absolute atomic E-state index is 0.447. The van der Waals surface area contributed by atoms with Gasteiger partial charge in [-0.05, 0) is 54.2 Å². The second kappa shape index (κ2) is 6.82. The van der Waals surface area contributed by atoms with Crippen molar-refractivity contribution in [1.29, 1.82) is 0 Å². The van der Waals surface area contributed by atoms with E-state index < -0.39 is 0 Å². The van der Waals surface area contributed by atoms with Gasteiger partial charge in [0.2, 0.25) is 0 Å². The van der Waals surface area contributed by atoms with Crippen molar-refractivity contribution in [3.8, 4) is 11.4 Å². The Morgan fingerprint density at radius 2 is 2.08 bits per heavy atom. The summed E-state index contributed by atoms with van der Waals surface area (Å²) in [7, 11) is 1.98. The lowest BCUT2D eigenvalue weighted by atomic mass is 9.98. The molecule has 1 aliphatic rings. The van der Waals surface area contributed by atoms with Crippen LogP contribution in [0.2, 0.25) is 0 Å². The van der Waals surface area contributed by atoms with Crippen molar-refractivity contribution < 1.29 is 0 Å². The highest BCUT2D eigenvalue weighted by Crippen LogP contribution is 2.35. The molecule has 25 heavy (non-hydrogen) atoms. The Balaban J connectivity index is 1.65. The van der Waals surface area contributed by atoms with Gasteiger partial charge in [-0.15, -0.1) is 11.3 Å². The Hall–Kier alpha value is -1.83. The third-order valence-corrected chi connectivity index (χ3v) is 6.37. The minimum Gasteiger partial charge on any atom is -0.303 e. The fraction of sp³-hybridized carbons (Fsp3) is 0.389. The SMILES string of the molecule is CC[C@H]1c2ccsc2CCN1Cn1nc(-c2ccncc2)n(C)c1=S. The Kier molecular flexibility index (Phi) is 4.54. The van der Waals surface area contributed by atoms with Crippen LogP contribution in [0.3, 0.4) is 0 Å². The van der Waals surface area contributed by atoms with Gasteiger partial charge in [0.05, 0.1) is 6.67 Å². The molecule has 4 heterocycles. The molecular formula is C18H21N5S2. The summed E-state index contributed by atoms with van der Waals surface area (Å²) in [5.41, 5.74) is 2.52. The summed E-state index contributed by atoms with van der Waals surface area (Å²) in [6.07, 6.45) is 5.78. The molecule has 0 saturated carbocycles. The van der Waals surface area contributed by atoms with E-state index in [0.29, 0.717) is 6.04 Å². The van der Waals surface area contributed by atoms with Crippen LogP contribution in [0.25, 0.3) is 11.4 Å². The number of rotatable bonds is 4. The molecule has 5 nitrogen and oxygen atoms in total. The number of aromatic nitrogens is 4. The van der Waals surface area contributed by atoms with Crippen LogP contribution in [0.5, 0.6) is 0 Å². The van der Waals surface area contributed by atoms with Gasteiger partial charge >= 0.3 is 0 Å². The van der Waals surface area contributed by atoms with Gasteiger partial charge in [-0.3, -0.25) is 9.88 Å². The molecule has 1 aliphatic heterocycles. The third kappa shape index (κ3) is 2.96. The van der Waals surface area contributed by atoms with Crippen molar-refractivity contribution >= 4 is 23.6 Å². The Morgan fingerprint density at radius 3 is 2.84 bits per heavy atom. The molecule has 0 saturated heterocycles. The largest absolute Gasteiger partial charge is 0.303 e. The topological polar surface area (TPSA) is 38.9 Å². The summed E-state index contributed by atoms with van der Waals surface area (Å²) in [6.45, 7) is 4.03. The molecule has 0 unspecified atom stereocenters. The lowest BCUT2D eigenvalue weighted by molar-refractivity contribution is 0.129. The Labute approximate surface area is 156 Å². The maximum Gasteiger partial charge on any atom is 0.199 e. The van der Waals surface area contributed by atoms with Gasteiger partial charge in [0, 0.05) is 42.5 Å². The number of thiophene rings is 1. The summed E-state index contributed by atoms with van der Waals surface area (Å²) in [5, 5.41) is 7.01. The Bertz CT molecular complexity index is 925. The van der Waals surface area contributed by atoms with Crippen LogP contribution in [-0.4, -0.2) is 30.8 Å². The van der Waals surface area contributed by atoms with Gasteiger partial charge in [0.25, 0.3) is 0 Å². The number of fused-ring (bicyclic) bond motifs is 1. The van der Waals surface area contributed by atoms with Crippen molar-refractivity contribution in [2.75, 3.05) is 6.54 Å². The van der Waals surface area contributed by atoms with Crippen molar-refractivity contribution in [3.05, 3.63) is 51.2 Å². The first-order chi connectivity index (χ1) is 12.2. The van der Waals surface area contributed by atoms with Crippen molar-refractivity contribution in [3.63, 3.8) is 0 Å². The van der Waals surface area contributed by atoms with Crippen molar-refractivity contribution in [2.24, 2.45) is 7.05 Å². The Morgan fingerprint density at radius 1 is 1.28 bits per heavy atom. The highest BCUT2D eigenvalue weighted by Gasteiger charge is 2.27. The zero-order chi connectivity index (χ0) is 17.4. The van der Waals surface area contributed by atoms with Gasteiger partial charge in [0.15, 0.2) is 10.6 Å². The summed E-state index contributed by atoms with van der Waals surface area (Å²) < 4.78 is 4.68. The second-order valence-corrected chi connectivity index (χ2v) is 7.69. The highest BCUT2D eigenvalue weighted by molar-refractivity contribution is 7.71. The number of hydrogen-bond acceptors (Lipinski definition) is 5. The van der Waals surface area contributed by atoms with E-state index in [1.54, 1.807) is 12.4 Å². The van der Waals surface area contributed by atoms with Crippen LogP contribution in [0.15, 0.2) is 36.0 Å². The molecule has 130 valence electrons. The molecule has 1 atom stereocenters. The molecular weight excluding hydrogens is 350 g/mol. The monoisotopic (exact) mass is 371 g/mol. The van der Waals surface area contributed by atoms with Crippen LogP contribution in [0, 0.1) is 4.77 Å². The van der Waals surface area contributed by atoms with Gasteiger partial charge in [0.1, 0.15) is 0 Å². The van der Waals surface area contributed by atoms with E-state index >= 15 is 0 Å². The molecule has 0 aromatic carbocycles. The fourth-order valence-corrected chi connectivity index (χ4v) is 4.71. The first-order valence-electron chi connectivity index (χ1n) is 8.53. The zero-order valence-corrected chi connectivity index (χ0v) is 16.1. The number of hydrogen-bond donors (Lipinski definition) is 0. The maximum atomic E-state index is 5.64. The predicted molar refractivity (Wildman–Crippen MR) is 103 cm³/mol. The average molecular weight is 372 g/mol. The molecule has 4 rings (SSSR count). The quantitative estimate of drug-likeness (QED) is 0.649. The smallest absolute Gasteiger partial charge is 0.199 e. The van der Waals surface area contributed by atoms with E-state index in [-0.39, 0.29) is 0 Å². The predicted octanol–water partition coefficient (Wildman–Crippen LogP) is 4.04. The molecule has 0 spiro atoms. The van der Waals surface area contributed by atoms with Gasteiger partial charge < -0.3 is 4.57 Å². The minimum atomic E-state index is 0.447. The molecule has 3 aromatic rings. The summed E-state index contributed by atoms with van der Waals surface area (Å²) >= 11 is 7.52. The van der Waals surface area contributed by atoms with Crippen molar-refractivity contribution in [1.82, 2.24) is 24.2 Å². The molecule has 7 heteroatoms. The third-order valence-electron chi connectivity index (χ3n) is 4.89. The molecule has 0 bridgehead atoms. The van der Waals surface area contributed by atoms with Gasteiger partial charge in [-0.25, -0.2) is 4.68 Å². The van der Waals surface area contributed by atoms with E-state index in [2.05, 4.69) is 28.3 Å². The average Bonchev–Trinajstić information content (AvgIpc) is 3.22. The molecule has 0 N–H and O–H groups in total. The molecule has 0 aliphatic carbocycles. The normalized spacial score (nSPS) is 17.6. The van der Waals surface area contributed by atoms with Gasteiger partial charge in [-0.1, -0.05) is 6.92 Å². The summed E-state index contributed by atoms with van der Waals surface area (Å²) in [4.78, 5) is 8.11. The van der Waals surface area contributed by atoms with Crippen molar-refractivity contribution in [2.45, 2.75) is 32.5 Å². The van der Waals surface area contributed by atoms with Crippen LogP contribution in [0.4, 0.5) is 0 Å². The molecule has 0 amide bonds. The van der Waals surface area contributed by atoms with E-state index in [9.17, 15) is 0 Å². The second-order valence-electron chi connectivity index (χ2n) is 6.33. The number of pyridine rings is 1. The van der Waals surface area contributed by atoms with Gasteiger partial charge in [-0.2, -0.15) is 5.10 Å². The fourth-order valence-electron chi connectivity index (χ4n) is 3.60. The summed E-state index contributed by atoms with van der Waals surface area (Å²) in [5.74, 6) is 0.883. The molecule has 0 fully saturated rings. The molecule has 3 aromatic heterocycles. The summed E-state index contributed by atoms with van der Waals surface area (Å²) in [6, 6.07) is 6.66. The molecule has 0 radical (unpaired) electrons. The lowest BCUT2D eigenvalue weighted by Gasteiger charge is -2.35. The maximum absolute atomic E-state index is 5.64. The van der Waals surface area contributed by atoms with E-state index in [1.807, 2.05) is 39.8 Å². The first kappa shape index (κ1) is 16.6. The zero-order valence-electron chi connectivity index (χ0n) is 14.4. The van der Waals surface area contributed by atoms with E-state index in [1.165, 1.54) is 10.4 Å². The van der Waals surface area contributed by atoms with Crippen LogP contribution >= 0.6 is 23.6 Å². The van der Waals surface area contributed by atoms with E-state index in [4.69, 9.17) is 17.3 Å². The highest BCUT2D eigenvalue weighted by atomic mass is 32.1. The first-order valence-corrected chi connectivity index (χ1v) is 9.82. The van der Waals surface area contributed by atoms with E-state index in [0.717, 1.165) is 42.2 Å².